The Balaban J connectivity index is 1.86. The van der Waals surface area contributed by atoms with E-state index in [1.807, 2.05) is 30.3 Å². The highest BCUT2D eigenvalue weighted by Crippen LogP contribution is 2.29. The molecule has 0 aliphatic rings. The van der Waals surface area contributed by atoms with Crippen LogP contribution in [0, 0.1) is 23.3 Å². The molecule has 0 aliphatic heterocycles. The van der Waals surface area contributed by atoms with Crippen LogP contribution in [-0.4, -0.2) is 17.0 Å². The number of carboxylic acids is 1. The van der Waals surface area contributed by atoms with E-state index in [-0.39, 0.29) is 5.69 Å². The zero-order chi connectivity index (χ0) is 21.1. The molecule has 0 radical (unpaired) electrons. The number of hydrogen-bond acceptors (Lipinski definition) is 3. The number of amides is 1. The van der Waals surface area contributed by atoms with Gasteiger partial charge in [0.15, 0.2) is 23.3 Å². The second-order valence-corrected chi connectivity index (χ2v) is 6.85. The highest BCUT2D eigenvalue weighted by molar-refractivity contribution is 7.99. The van der Waals surface area contributed by atoms with Crippen LogP contribution in [0.1, 0.15) is 20.7 Å². The maximum atomic E-state index is 14.0. The molecule has 3 rings (SSSR count). The van der Waals surface area contributed by atoms with Crippen molar-refractivity contribution in [3.05, 3.63) is 89.0 Å². The van der Waals surface area contributed by atoms with Gasteiger partial charge in [-0.15, -0.1) is 0 Å². The Hall–Kier alpha value is -3.33. The van der Waals surface area contributed by atoms with Gasteiger partial charge in [0.05, 0.1) is 5.56 Å². The fourth-order valence-electron chi connectivity index (χ4n) is 2.47. The Kier molecular flexibility index (Phi) is 5.88. The van der Waals surface area contributed by atoms with Gasteiger partial charge in [-0.05, 0) is 36.4 Å². The maximum absolute atomic E-state index is 14.0. The van der Waals surface area contributed by atoms with E-state index in [4.69, 9.17) is 5.11 Å². The van der Waals surface area contributed by atoms with Gasteiger partial charge in [0.25, 0.3) is 5.91 Å². The predicted octanol–water partition coefficient (Wildman–Crippen LogP) is 5.34. The first-order valence-electron chi connectivity index (χ1n) is 8.03. The summed E-state index contributed by atoms with van der Waals surface area (Å²) in [5, 5.41) is 11.2. The van der Waals surface area contributed by atoms with Gasteiger partial charge in [-0.3, -0.25) is 4.79 Å². The van der Waals surface area contributed by atoms with Crippen LogP contribution in [0.5, 0.6) is 0 Å². The molecule has 0 saturated heterocycles. The van der Waals surface area contributed by atoms with Crippen molar-refractivity contribution < 1.29 is 32.3 Å². The lowest BCUT2D eigenvalue weighted by Gasteiger charge is -2.11. The molecule has 9 heteroatoms. The first-order valence-corrected chi connectivity index (χ1v) is 8.84. The Morgan fingerprint density at radius 1 is 0.724 bits per heavy atom. The zero-order valence-electron chi connectivity index (χ0n) is 14.4. The largest absolute Gasteiger partial charge is 0.478 e. The van der Waals surface area contributed by atoms with Crippen LogP contribution >= 0.6 is 11.8 Å². The third-order valence-corrected chi connectivity index (χ3v) is 4.81. The van der Waals surface area contributed by atoms with Crippen molar-refractivity contribution in [1.29, 1.82) is 0 Å². The molecule has 0 aromatic heterocycles. The average Bonchev–Trinajstić information content (AvgIpc) is 2.70. The standard InChI is InChI=1S/C20H11F4NO3S/c21-15-13(14(20(27)28)16(22)18(24)17(15)23)19(26)25-10-6-8-12(9-7-10)29-11-4-2-1-3-5-11/h1-9H,(H,25,26)(H,27,28). The minimum Gasteiger partial charge on any atom is -0.478 e. The lowest BCUT2D eigenvalue weighted by molar-refractivity contribution is 0.0684. The van der Waals surface area contributed by atoms with Crippen LogP contribution in [0.25, 0.3) is 0 Å². The molecule has 4 nitrogen and oxygen atoms in total. The first-order chi connectivity index (χ1) is 13.8. The van der Waals surface area contributed by atoms with Gasteiger partial charge in [-0.1, -0.05) is 30.0 Å². The molecule has 2 N–H and O–H groups in total. The minimum absolute atomic E-state index is 0.119. The van der Waals surface area contributed by atoms with E-state index in [0.717, 1.165) is 9.79 Å². The van der Waals surface area contributed by atoms with E-state index in [0.29, 0.717) is 0 Å². The summed E-state index contributed by atoms with van der Waals surface area (Å²) in [6.07, 6.45) is 0. The highest BCUT2D eigenvalue weighted by atomic mass is 32.2. The van der Waals surface area contributed by atoms with Crippen LogP contribution in [0.3, 0.4) is 0 Å². The van der Waals surface area contributed by atoms with E-state index in [1.165, 1.54) is 23.9 Å². The minimum atomic E-state index is -2.31. The SMILES string of the molecule is O=C(O)c1c(F)c(F)c(F)c(F)c1C(=O)Nc1ccc(Sc2ccccc2)cc1. The van der Waals surface area contributed by atoms with E-state index in [1.54, 1.807) is 12.1 Å². The number of halogens is 4. The molecule has 0 bridgehead atoms. The number of carboxylic acid groups (broad SMARTS) is 1. The van der Waals surface area contributed by atoms with Gasteiger partial charge in [-0.25, -0.2) is 22.4 Å². The summed E-state index contributed by atoms with van der Waals surface area (Å²) < 4.78 is 54.6. The van der Waals surface area contributed by atoms with Crippen LogP contribution in [0.15, 0.2) is 64.4 Å². The van der Waals surface area contributed by atoms with Crippen molar-refractivity contribution in [2.75, 3.05) is 5.32 Å². The lowest BCUT2D eigenvalue weighted by Crippen LogP contribution is -2.22. The average molecular weight is 421 g/mol. The van der Waals surface area contributed by atoms with Crippen molar-refractivity contribution in [3.63, 3.8) is 0 Å². The summed E-state index contributed by atoms with van der Waals surface area (Å²) in [5.74, 6) is -12.4. The number of rotatable bonds is 5. The molecule has 0 heterocycles. The third kappa shape index (κ3) is 4.24. The van der Waals surface area contributed by atoms with Crippen molar-refractivity contribution in [1.82, 2.24) is 0 Å². The first kappa shape index (κ1) is 20.4. The summed E-state index contributed by atoms with van der Waals surface area (Å²) >= 11 is 1.43. The fourth-order valence-corrected chi connectivity index (χ4v) is 3.31. The van der Waals surface area contributed by atoms with Crippen molar-refractivity contribution in [2.45, 2.75) is 9.79 Å². The van der Waals surface area contributed by atoms with Gasteiger partial charge in [0.1, 0.15) is 5.56 Å². The summed E-state index contributed by atoms with van der Waals surface area (Å²) in [7, 11) is 0. The molecular formula is C20H11F4NO3S. The van der Waals surface area contributed by atoms with E-state index >= 15 is 0 Å². The van der Waals surface area contributed by atoms with Crippen molar-refractivity contribution >= 4 is 29.3 Å². The topological polar surface area (TPSA) is 66.4 Å². The lowest BCUT2D eigenvalue weighted by atomic mass is 10.0. The van der Waals surface area contributed by atoms with Crippen LogP contribution in [0.2, 0.25) is 0 Å². The zero-order valence-corrected chi connectivity index (χ0v) is 15.2. The smallest absolute Gasteiger partial charge is 0.339 e. The Morgan fingerprint density at radius 3 is 1.79 bits per heavy atom. The normalized spacial score (nSPS) is 10.6. The fraction of sp³-hybridized carbons (Fsp3) is 0. The molecule has 0 spiro atoms. The number of carbonyl (C=O) groups excluding carboxylic acids is 1. The molecule has 148 valence electrons. The number of benzene rings is 3. The molecule has 0 atom stereocenters. The molecule has 1 amide bonds. The summed E-state index contributed by atoms with van der Waals surface area (Å²) in [6.45, 7) is 0. The molecule has 0 fully saturated rings. The van der Waals surface area contributed by atoms with Gasteiger partial charge in [0.2, 0.25) is 0 Å². The molecule has 3 aromatic rings. The molecule has 0 unspecified atom stereocenters. The monoisotopic (exact) mass is 421 g/mol. The summed E-state index contributed by atoms with van der Waals surface area (Å²) in [6, 6.07) is 15.5. The number of hydrogen-bond donors (Lipinski definition) is 2. The van der Waals surface area contributed by atoms with E-state index in [2.05, 4.69) is 5.32 Å². The van der Waals surface area contributed by atoms with Crippen molar-refractivity contribution in [3.8, 4) is 0 Å². The van der Waals surface area contributed by atoms with E-state index < -0.39 is 46.3 Å². The quantitative estimate of drug-likeness (QED) is 0.331. The maximum Gasteiger partial charge on any atom is 0.339 e. The second-order valence-electron chi connectivity index (χ2n) is 5.70. The van der Waals surface area contributed by atoms with Crippen molar-refractivity contribution in [2.24, 2.45) is 0 Å². The number of aromatic carboxylic acids is 1. The number of nitrogens with one attached hydrogen (secondary N) is 1. The Labute approximate surface area is 166 Å². The van der Waals surface area contributed by atoms with E-state index in [9.17, 15) is 27.2 Å². The number of anilines is 1. The number of carbonyl (C=O) groups is 2. The molecule has 3 aromatic carbocycles. The van der Waals surface area contributed by atoms with Crippen LogP contribution < -0.4 is 5.32 Å². The van der Waals surface area contributed by atoms with Gasteiger partial charge in [0, 0.05) is 15.5 Å². The molecule has 0 saturated carbocycles. The van der Waals surface area contributed by atoms with Gasteiger partial charge >= 0.3 is 5.97 Å². The van der Waals surface area contributed by atoms with Gasteiger partial charge < -0.3 is 10.4 Å². The molecular weight excluding hydrogens is 410 g/mol. The highest BCUT2D eigenvalue weighted by Gasteiger charge is 2.32. The summed E-state index contributed by atoms with van der Waals surface area (Å²) in [4.78, 5) is 25.2. The third-order valence-electron chi connectivity index (χ3n) is 3.80. The predicted molar refractivity (Wildman–Crippen MR) is 98.2 cm³/mol. The molecule has 29 heavy (non-hydrogen) atoms. The Morgan fingerprint density at radius 2 is 1.24 bits per heavy atom. The second kappa shape index (κ2) is 8.36. The molecule has 0 aliphatic carbocycles. The summed E-state index contributed by atoms with van der Waals surface area (Å²) in [5.41, 5.74) is -2.90. The van der Waals surface area contributed by atoms with Crippen LogP contribution in [-0.2, 0) is 0 Å². The van der Waals surface area contributed by atoms with Gasteiger partial charge in [-0.2, -0.15) is 0 Å². The van der Waals surface area contributed by atoms with Crippen LogP contribution in [0.4, 0.5) is 23.2 Å². The Bertz CT molecular complexity index is 1090.